The lowest BCUT2D eigenvalue weighted by atomic mass is 10.0. The zero-order valence-electron chi connectivity index (χ0n) is 12.7. The number of hydrogen-bond acceptors (Lipinski definition) is 2. The fourth-order valence-corrected chi connectivity index (χ4v) is 3.09. The van der Waals surface area contributed by atoms with E-state index in [0.717, 1.165) is 16.6 Å². The Hall–Kier alpha value is -1.61. The summed E-state index contributed by atoms with van der Waals surface area (Å²) in [5.41, 5.74) is 5.59. The minimum Gasteiger partial charge on any atom is -0.347 e. The van der Waals surface area contributed by atoms with Crippen LogP contribution in [0.25, 0.3) is 10.9 Å². The van der Waals surface area contributed by atoms with E-state index < -0.39 is 0 Å². The van der Waals surface area contributed by atoms with Gasteiger partial charge in [-0.2, -0.15) is 0 Å². The van der Waals surface area contributed by atoms with Crippen molar-refractivity contribution in [3.8, 4) is 0 Å². The molecule has 1 N–H and O–H groups in total. The van der Waals surface area contributed by atoms with Crippen LogP contribution in [0.5, 0.6) is 0 Å². The first-order chi connectivity index (χ1) is 9.49. The number of carbonyl (C=O) groups is 1. The van der Waals surface area contributed by atoms with Crippen LogP contribution < -0.4 is 5.32 Å². The molecule has 1 aromatic heterocycles. The lowest BCUT2D eigenvalue weighted by Gasteiger charge is -2.04. The minimum atomic E-state index is 0.213. The van der Waals surface area contributed by atoms with Crippen molar-refractivity contribution in [3.63, 3.8) is 0 Å². The molecule has 3 rings (SSSR count). The Morgan fingerprint density at radius 1 is 1.30 bits per heavy atom. The van der Waals surface area contributed by atoms with Gasteiger partial charge in [0.25, 0.3) is 0 Å². The molecule has 2 aromatic rings. The number of nitrogens with zero attached hydrogens (tertiary/aromatic N) is 1. The monoisotopic (exact) mass is 270 g/mol. The normalized spacial score (nSPS) is 15.0. The van der Waals surface area contributed by atoms with Gasteiger partial charge in [0, 0.05) is 29.7 Å². The summed E-state index contributed by atoms with van der Waals surface area (Å²) in [5, 5.41) is 4.43. The maximum atomic E-state index is 12.6. The van der Waals surface area contributed by atoms with E-state index in [-0.39, 0.29) is 5.78 Å². The summed E-state index contributed by atoms with van der Waals surface area (Å²) < 4.78 is 2.15. The molecule has 0 bridgehead atoms. The van der Waals surface area contributed by atoms with E-state index in [2.05, 4.69) is 35.9 Å². The zero-order valence-corrected chi connectivity index (χ0v) is 12.7. The fraction of sp³-hybridized carbons (Fsp3) is 0.471. The quantitative estimate of drug-likeness (QED) is 0.866. The number of rotatable bonds is 4. The predicted molar refractivity (Wildman–Crippen MR) is 82.5 cm³/mol. The van der Waals surface area contributed by atoms with Crippen molar-refractivity contribution in [3.05, 3.63) is 34.5 Å². The number of carbonyl (C=O) groups excluding carboxylic acids is 1. The Morgan fingerprint density at radius 3 is 2.65 bits per heavy atom. The number of benzene rings is 1. The van der Waals surface area contributed by atoms with Crippen LogP contribution in [0.2, 0.25) is 0 Å². The van der Waals surface area contributed by atoms with Gasteiger partial charge in [0.2, 0.25) is 0 Å². The van der Waals surface area contributed by atoms with Crippen LogP contribution in [-0.4, -0.2) is 22.9 Å². The third kappa shape index (κ3) is 2.16. The number of nitrogens with one attached hydrogen (secondary N) is 1. The van der Waals surface area contributed by atoms with Crippen LogP contribution in [0.3, 0.4) is 0 Å². The number of aryl methyl sites for hydroxylation is 3. The third-order valence-electron chi connectivity index (χ3n) is 4.32. The van der Waals surface area contributed by atoms with Crippen molar-refractivity contribution < 1.29 is 4.79 Å². The molecule has 1 saturated carbocycles. The Morgan fingerprint density at radius 2 is 2.00 bits per heavy atom. The topological polar surface area (TPSA) is 34.0 Å². The van der Waals surface area contributed by atoms with E-state index in [0.29, 0.717) is 12.6 Å². The molecular formula is C17H22N2O. The molecule has 20 heavy (non-hydrogen) atoms. The van der Waals surface area contributed by atoms with Crippen molar-refractivity contribution in [2.45, 2.75) is 39.7 Å². The van der Waals surface area contributed by atoms with Gasteiger partial charge in [-0.1, -0.05) is 11.6 Å². The summed E-state index contributed by atoms with van der Waals surface area (Å²) in [7, 11) is 2.05. The maximum Gasteiger partial charge on any atom is 0.179 e. The first-order valence-electron chi connectivity index (χ1n) is 7.32. The molecular weight excluding hydrogens is 248 g/mol. The highest BCUT2D eigenvalue weighted by atomic mass is 16.1. The standard InChI is InChI=1S/C17H22N2O/c1-10-7-11(2)17-14(8-10)16(12(3)19(17)4)15(20)9-18-13-5-6-13/h7-8,13,18H,5-6,9H2,1-4H3. The summed E-state index contributed by atoms with van der Waals surface area (Å²) >= 11 is 0. The van der Waals surface area contributed by atoms with Gasteiger partial charge >= 0.3 is 0 Å². The van der Waals surface area contributed by atoms with Crippen LogP contribution >= 0.6 is 0 Å². The van der Waals surface area contributed by atoms with Crippen LogP contribution in [-0.2, 0) is 7.05 Å². The minimum absolute atomic E-state index is 0.213. The SMILES string of the molecule is Cc1cc(C)c2c(c1)c(C(=O)CNC1CC1)c(C)n2C. The summed E-state index contributed by atoms with van der Waals surface area (Å²) in [6.45, 7) is 6.70. The van der Waals surface area contributed by atoms with E-state index in [4.69, 9.17) is 0 Å². The molecule has 3 nitrogen and oxygen atoms in total. The Bertz CT molecular complexity index is 693. The second-order valence-corrected chi connectivity index (χ2v) is 6.08. The van der Waals surface area contributed by atoms with Gasteiger partial charge in [0.1, 0.15) is 0 Å². The molecule has 3 heteroatoms. The van der Waals surface area contributed by atoms with Crippen molar-refractivity contribution in [2.24, 2.45) is 7.05 Å². The van der Waals surface area contributed by atoms with Crippen molar-refractivity contribution in [2.75, 3.05) is 6.54 Å². The number of aromatic nitrogens is 1. The van der Waals surface area contributed by atoms with Gasteiger partial charge in [-0.15, -0.1) is 0 Å². The molecule has 106 valence electrons. The molecule has 1 heterocycles. The van der Waals surface area contributed by atoms with Crippen LogP contribution in [0, 0.1) is 20.8 Å². The highest BCUT2D eigenvalue weighted by molar-refractivity contribution is 6.11. The van der Waals surface area contributed by atoms with Crippen LogP contribution in [0.1, 0.15) is 40.0 Å². The molecule has 0 saturated heterocycles. The van der Waals surface area contributed by atoms with Gasteiger partial charge < -0.3 is 9.88 Å². The fourth-order valence-electron chi connectivity index (χ4n) is 3.09. The van der Waals surface area contributed by atoms with Gasteiger partial charge in [-0.25, -0.2) is 0 Å². The summed E-state index contributed by atoms with van der Waals surface area (Å²) in [5.74, 6) is 0.213. The molecule has 1 fully saturated rings. The smallest absolute Gasteiger partial charge is 0.179 e. The van der Waals surface area contributed by atoms with E-state index in [1.807, 2.05) is 14.0 Å². The largest absolute Gasteiger partial charge is 0.347 e. The predicted octanol–water partition coefficient (Wildman–Crippen LogP) is 3.04. The van der Waals surface area contributed by atoms with E-state index in [1.54, 1.807) is 0 Å². The van der Waals surface area contributed by atoms with Gasteiger partial charge in [-0.3, -0.25) is 4.79 Å². The van der Waals surface area contributed by atoms with Crippen LogP contribution in [0.4, 0.5) is 0 Å². The first-order valence-corrected chi connectivity index (χ1v) is 7.32. The molecule has 1 aliphatic carbocycles. The highest BCUT2D eigenvalue weighted by Gasteiger charge is 2.24. The Kier molecular flexibility index (Phi) is 3.17. The number of hydrogen-bond donors (Lipinski definition) is 1. The third-order valence-corrected chi connectivity index (χ3v) is 4.32. The average Bonchev–Trinajstić information content (AvgIpc) is 3.15. The zero-order chi connectivity index (χ0) is 14.4. The molecule has 0 aliphatic heterocycles. The number of fused-ring (bicyclic) bond motifs is 1. The number of ketones is 1. The number of Topliss-reactive ketones (excluding diaryl/α,β-unsaturated/α-hetero) is 1. The van der Waals surface area contributed by atoms with Gasteiger partial charge in [0.15, 0.2) is 5.78 Å². The van der Waals surface area contributed by atoms with Crippen molar-refractivity contribution in [1.29, 1.82) is 0 Å². The molecule has 0 amide bonds. The summed E-state index contributed by atoms with van der Waals surface area (Å²) in [6, 6.07) is 4.88. The molecule has 1 aromatic carbocycles. The maximum absolute atomic E-state index is 12.6. The average molecular weight is 270 g/mol. The van der Waals surface area contributed by atoms with Crippen molar-refractivity contribution in [1.82, 2.24) is 9.88 Å². The molecule has 0 unspecified atom stereocenters. The Balaban J connectivity index is 2.08. The first kappa shape index (κ1) is 13.4. The van der Waals surface area contributed by atoms with E-state index in [1.165, 1.54) is 29.5 Å². The lowest BCUT2D eigenvalue weighted by Crippen LogP contribution is -2.25. The highest BCUT2D eigenvalue weighted by Crippen LogP contribution is 2.29. The molecule has 0 atom stereocenters. The van der Waals surface area contributed by atoms with Gasteiger partial charge in [-0.05, 0) is 45.2 Å². The van der Waals surface area contributed by atoms with Crippen molar-refractivity contribution >= 4 is 16.7 Å². The van der Waals surface area contributed by atoms with Crippen LogP contribution in [0.15, 0.2) is 12.1 Å². The Labute approximate surface area is 120 Å². The molecule has 1 aliphatic rings. The summed E-state index contributed by atoms with van der Waals surface area (Å²) in [6.07, 6.45) is 2.42. The van der Waals surface area contributed by atoms with Gasteiger partial charge in [0.05, 0.1) is 12.1 Å². The second kappa shape index (κ2) is 4.74. The molecule has 0 radical (unpaired) electrons. The lowest BCUT2D eigenvalue weighted by molar-refractivity contribution is 0.0991. The summed E-state index contributed by atoms with van der Waals surface area (Å²) in [4.78, 5) is 12.6. The van der Waals surface area contributed by atoms with E-state index in [9.17, 15) is 4.79 Å². The second-order valence-electron chi connectivity index (χ2n) is 6.08. The van der Waals surface area contributed by atoms with E-state index >= 15 is 0 Å². The molecule has 0 spiro atoms.